The number of carboxylic acid groups (broad SMARTS) is 1. The number of aromatic nitrogens is 1. The molecule has 3 rings (SSSR count). The summed E-state index contributed by atoms with van der Waals surface area (Å²) in [6.45, 7) is 0.233. The smallest absolute Gasteiger partial charge is 0.311 e. The molecule has 2 saturated carbocycles. The maximum Gasteiger partial charge on any atom is 0.311 e. The van der Waals surface area contributed by atoms with Crippen LogP contribution in [-0.4, -0.2) is 28.1 Å². The Morgan fingerprint density at radius 3 is 2.60 bits per heavy atom. The Morgan fingerprint density at radius 1 is 1.35 bits per heavy atom. The standard InChI is InChI=1S/C15H20N2O3/c18-13(16-10-15(14(19)20)7-3-8-15)12-6-2-9-17(12)11-4-1-5-11/h2,6,9,11H,1,3-5,7-8,10H2,(H,16,18)(H,19,20). The zero-order chi connectivity index (χ0) is 14.2. The molecule has 1 aromatic rings. The Bertz CT molecular complexity index is 527. The number of aliphatic carboxylic acids is 1. The summed E-state index contributed by atoms with van der Waals surface area (Å²) in [4.78, 5) is 23.5. The Hall–Kier alpha value is -1.78. The van der Waals surface area contributed by atoms with Gasteiger partial charge in [-0.3, -0.25) is 9.59 Å². The number of rotatable bonds is 5. The molecular weight excluding hydrogens is 256 g/mol. The summed E-state index contributed by atoms with van der Waals surface area (Å²) >= 11 is 0. The number of carbonyl (C=O) groups excluding carboxylic acids is 1. The first kappa shape index (κ1) is 13.2. The zero-order valence-corrected chi connectivity index (χ0v) is 11.5. The van der Waals surface area contributed by atoms with Gasteiger partial charge in [0.25, 0.3) is 5.91 Å². The molecule has 0 atom stereocenters. The fourth-order valence-electron chi connectivity index (χ4n) is 2.98. The van der Waals surface area contributed by atoms with Crippen LogP contribution in [-0.2, 0) is 4.79 Å². The Labute approximate surface area is 118 Å². The maximum atomic E-state index is 12.3. The van der Waals surface area contributed by atoms with Crippen molar-refractivity contribution in [3.05, 3.63) is 24.0 Å². The second kappa shape index (κ2) is 4.96. The largest absolute Gasteiger partial charge is 0.481 e. The molecule has 2 aliphatic rings. The molecule has 20 heavy (non-hydrogen) atoms. The number of hydrogen-bond acceptors (Lipinski definition) is 2. The quantitative estimate of drug-likeness (QED) is 0.866. The highest BCUT2D eigenvalue weighted by atomic mass is 16.4. The van der Waals surface area contributed by atoms with Gasteiger partial charge in [-0.15, -0.1) is 0 Å². The molecule has 0 spiro atoms. The average molecular weight is 276 g/mol. The molecule has 108 valence electrons. The van der Waals surface area contributed by atoms with Crippen molar-refractivity contribution >= 4 is 11.9 Å². The van der Waals surface area contributed by atoms with E-state index in [9.17, 15) is 14.7 Å². The number of nitrogens with zero attached hydrogens (tertiary/aromatic N) is 1. The normalized spacial score (nSPS) is 20.8. The van der Waals surface area contributed by atoms with Gasteiger partial charge >= 0.3 is 5.97 Å². The molecule has 0 aromatic carbocycles. The number of amides is 1. The van der Waals surface area contributed by atoms with Gasteiger partial charge in [-0.2, -0.15) is 0 Å². The minimum Gasteiger partial charge on any atom is -0.481 e. The lowest BCUT2D eigenvalue weighted by atomic mass is 9.69. The van der Waals surface area contributed by atoms with E-state index in [1.807, 2.05) is 22.9 Å². The van der Waals surface area contributed by atoms with Gasteiger partial charge in [0.05, 0.1) is 5.41 Å². The Balaban J connectivity index is 1.65. The highest BCUT2D eigenvalue weighted by Gasteiger charge is 2.44. The third-order valence-corrected chi connectivity index (χ3v) is 4.83. The van der Waals surface area contributed by atoms with E-state index >= 15 is 0 Å². The van der Waals surface area contributed by atoms with E-state index in [0.29, 0.717) is 24.6 Å². The summed E-state index contributed by atoms with van der Waals surface area (Å²) in [5, 5.41) is 12.1. The highest BCUT2D eigenvalue weighted by Crippen LogP contribution is 2.40. The molecule has 1 aromatic heterocycles. The van der Waals surface area contributed by atoms with Gasteiger partial charge in [-0.25, -0.2) is 0 Å². The van der Waals surface area contributed by atoms with Crippen molar-refractivity contribution in [3.63, 3.8) is 0 Å². The summed E-state index contributed by atoms with van der Waals surface area (Å²) in [5.41, 5.74) is -0.0848. The molecule has 0 bridgehead atoms. The highest BCUT2D eigenvalue weighted by molar-refractivity contribution is 5.93. The summed E-state index contributed by atoms with van der Waals surface area (Å²) in [5.74, 6) is -0.951. The van der Waals surface area contributed by atoms with Crippen LogP contribution in [0.15, 0.2) is 18.3 Å². The van der Waals surface area contributed by atoms with Crippen LogP contribution in [0.25, 0.3) is 0 Å². The van der Waals surface area contributed by atoms with Gasteiger partial charge in [0, 0.05) is 18.8 Å². The number of carbonyl (C=O) groups is 2. The van der Waals surface area contributed by atoms with E-state index in [1.165, 1.54) is 6.42 Å². The van der Waals surface area contributed by atoms with Gasteiger partial charge in [0.15, 0.2) is 0 Å². The zero-order valence-electron chi connectivity index (χ0n) is 11.5. The third-order valence-electron chi connectivity index (χ3n) is 4.83. The van der Waals surface area contributed by atoms with Crippen LogP contribution >= 0.6 is 0 Å². The second-order valence-electron chi connectivity index (χ2n) is 6.01. The van der Waals surface area contributed by atoms with Crippen molar-refractivity contribution in [1.29, 1.82) is 0 Å². The monoisotopic (exact) mass is 276 g/mol. The molecule has 2 N–H and O–H groups in total. The van der Waals surface area contributed by atoms with Gasteiger partial charge in [-0.05, 0) is 44.2 Å². The van der Waals surface area contributed by atoms with Crippen LogP contribution in [0.4, 0.5) is 0 Å². The Kier molecular flexibility index (Phi) is 3.28. The van der Waals surface area contributed by atoms with Gasteiger partial charge in [0.2, 0.25) is 0 Å². The predicted molar refractivity (Wildman–Crippen MR) is 73.6 cm³/mol. The molecule has 0 unspecified atom stereocenters. The molecule has 0 aliphatic heterocycles. The molecule has 1 heterocycles. The topological polar surface area (TPSA) is 71.3 Å². The Morgan fingerprint density at radius 2 is 2.10 bits per heavy atom. The summed E-state index contributed by atoms with van der Waals surface area (Å²) in [6, 6.07) is 4.12. The van der Waals surface area contributed by atoms with Crippen molar-refractivity contribution in [1.82, 2.24) is 9.88 Å². The van der Waals surface area contributed by atoms with Crippen molar-refractivity contribution in [2.75, 3.05) is 6.54 Å². The number of hydrogen-bond donors (Lipinski definition) is 2. The van der Waals surface area contributed by atoms with E-state index in [-0.39, 0.29) is 12.5 Å². The van der Waals surface area contributed by atoms with Crippen molar-refractivity contribution < 1.29 is 14.7 Å². The molecule has 0 saturated heterocycles. The van der Waals surface area contributed by atoms with Gasteiger partial charge < -0.3 is 15.0 Å². The van der Waals surface area contributed by atoms with Crippen LogP contribution in [0.5, 0.6) is 0 Å². The molecule has 5 heteroatoms. The summed E-state index contributed by atoms with van der Waals surface area (Å²) in [6.07, 6.45) is 7.64. The van der Waals surface area contributed by atoms with Gasteiger partial charge in [-0.1, -0.05) is 6.42 Å². The van der Waals surface area contributed by atoms with Crippen molar-refractivity contribution in [2.45, 2.75) is 44.6 Å². The van der Waals surface area contributed by atoms with Crippen LogP contribution in [0, 0.1) is 5.41 Å². The van der Waals surface area contributed by atoms with Crippen LogP contribution in [0.2, 0.25) is 0 Å². The van der Waals surface area contributed by atoms with Gasteiger partial charge in [0.1, 0.15) is 5.69 Å². The van der Waals surface area contributed by atoms with E-state index in [2.05, 4.69) is 5.32 Å². The van der Waals surface area contributed by atoms with Crippen LogP contribution < -0.4 is 5.32 Å². The van der Waals surface area contributed by atoms with Crippen molar-refractivity contribution in [3.8, 4) is 0 Å². The van der Waals surface area contributed by atoms with E-state index in [4.69, 9.17) is 0 Å². The first-order valence-corrected chi connectivity index (χ1v) is 7.31. The second-order valence-corrected chi connectivity index (χ2v) is 6.01. The number of carboxylic acids is 1. The lowest BCUT2D eigenvalue weighted by Gasteiger charge is -2.37. The minimum atomic E-state index is -0.793. The fourth-order valence-corrected chi connectivity index (χ4v) is 2.98. The SMILES string of the molecule is O=C(NCC1(C(=O)O)CCC1)c1cccn1C1CCC1. The van der Waals surface area contributed by atoms with Crippen LogP contribution in [0.1, 0.15) is 55.1 Å². The molecule has 2 aliphatic carbocycles. The minimum absolute atomic E-state index is 0.158. The first-order chi connectivity index (χ1) is 9.62. The predicted octanol–water partition coefficient (Wildman–Crippen LogP) is 2.20. The van der Waals surface area contributed by atoms with Crippen LogP contribution in [0.3, 0.4) is 0 Å². The molecule has 0 radical (unpaired) electrons. The third kappa shape index (κ3) is 2.11. The van der Waals surface area contributed by atoms with E-state index < -0.39 is 11.4 Å². The molecule has 5 nitrogen and oxygen atoms in total. The summed E-state index contributed by atoms with van der Waals surface area (Å²) in [7, 11) is 0. The van der Waals surface area contributed by atoms with Crippen molar-refractivity contribution in [2.24, 2.45) is 5.41 Å². The molecular formula is C15H20N2O3. The average Bonchev–Trinajstić information content (AvgIpc) is 2.73. The fraction of sp³-hybridized carbons (Fsp3) is 0.600. The first-order valence-electron chi connectivity index (χ1n) is 7.31. The lowest BCUT2D eigenvalue weighted by molar-refractivity contribution is -0.153. The lowest BCUT2D eigenvalue weighted by Crippen LogP contribution is -2.47. The van der Waals surface area contributed by atoms with E-state index in [1.54, 1.807) is 0 Å². The molecule has 1 amide bonds. The summed E-state index contributed by atoms with van der Waals surface area (Å²) < 4.78 is 2.02. The maximum absolute atomic E-state index is 12.3. The van der Waals surface area contributed by atoms with E-state index in [0.717, 1.165) is 19.3 Å². The molecule has 2 fully saturated rings. The number of nitrogens with one attached hydrogen (secondary N) is 1.